The molecule has 0 aliphatic carbocycles. The minimum Gasteiger partial charge on any atom is -0.380 e. The molecule has 2 nitrogen and oxygen atoms in total. The number of nitrogens with one attached hydrogen (secondary N) is 1. The number of hydrogen-bond acceptors (Lipinski definition) is 3. The minimum absolute atomic E-state index is 0.298. The average molecular weight is 263 g/mol. The minimum atomic E-state index is 0.298. The summed E-state index contributed by atoms with van der Waals surface area (Å²) in [5.74, 6) is 0. The average Bonchev–Trinajstić information content (AvgIpc) is 2.87. The molecule has 1 N–H and O–H groups in total. The largest absolute Gasteiger partial charge is 0.380 e. The summed E-state index contributed by atoms with van der Waals surface area (Å²) < 4.78 is 7.00. The van der Waals surface area contributed by atoms with Gasteiger partial charge in [0.1, 0.15) is 0 Å². The van der Waals surface area contributed by atoms with Crippen LogP contribution in [0.5, 0.6) is 0 Å². The molecule has 0 aliphatic rings. The molecule has 0 saturated heterocycles. The van der Waals surface area contributed by atoms with Crippen LogP contribution in [0.2, 0.25) is 0 Å². The highest BCUT2D eigenvalue weighted by Gasteiger charge is 2.14. The van der Waals surface area contributed by atoms with Gasteiger partial charge < -0.3 is 10.1 Å². The lowest BCUT2D eigenvalue weighted by Crippen LogP contribution is -2.26. The molecule has 1 aromatic carbocycles. The Kier molecular flexibility index (Phi) is 5.17. The summed E-state index contributed by atoms with van der Waals surface area (Å²) in [6, 6.07) is 9.00. The van der Waals surface area contributed by atoms with Crippen LogP contribution in [0, 0.1) is 0 Å². The molecule has 1 unspecified atom stereocenters. The van der Waals surface area contributed by atoms with E-state index in [4.69, 9.17) is 4.74 Å². The zero-order valence-electron chi connectivity index (χ0n) is 11.1. The van der Waals surface area contributed by atoms with Crippen LogP contribution < -0.4 is 5.32 Å². The maximum atomic E-state index is 5.61. The van der Waals surface area contributed by atoms with Crippen molar-refractivity contribution in [2.24, 2.45) is 0 Å². The molecule has 1 atom stereocenters. The Hall–Kier alpha value is -0.900. The van der Waals surface area contributed by atoms with Crippen molar-refractivity contribution in [3.63, 3.8) is 0 Å². The maximum Gasteiger partial charge on any atom is 0.0661 e. The molecule has 3 heteroatoms. The van der Waals surface area contributed by atoms with Crippen molar-refractivity contribution >= 4 is 21.4 Å². The summed E-state index contributed by atoms with van der Waals surface area (Å²) in [7, 11) is 0. The van der Waals surface area contributed by atoms with E-state index in [9.17, 15) is 0 Å². The van der Waals surface area contributed by atoms with Crippen molar-refractivity contribution < 1.29 is 4.74 Å². The van der Waals surface area contributed by atoms with E-state index < -0.39 is 0 Å². The number of hydrogen-bond donors (Lipinski definition) is 1. The molecular weight excluding hydrogens is 242 g/mol. The first-order valence-electron chi connectivity index (χ1n) is 6.64. The van der Waals surface area contributed by atoms with Gasteiger partial charge in [0, 0.05) is 11.3 Å². The van der Waals surface area contributed by atoms with Crippen molar-refractivity contribution in [3.8, 4) is 0 Å². The van der Waals surface area contributed by atoms with E-state index >= 15 is 0 Å². The lowest BCUT2D eigenvalue weighted by atomic mass is 10.1. The van der Waals surface area contributed by atoms with Gasteiger partial charge in [0.15, 0.2) is 0 Å². The first-order chi connectivity index (χ1) is 8.86. The van der Waals surface area contributed by atoms with E-state index in [1.807, 2.05) is 18.3 Å². The second-order valence-corrected chi connectivity index (χ2v) is 5.27. The highest BCUT2D eigenvalue weighted by atomic mass is 32.1. The number of fused-ring (bicyclic) bond motifs is 1. The molecule has 2 rings (SSSR count). The second-order valence-electron chi connectivity index (χ2n) is 4.35. The summed E-state index contributed by atoms with van der Waals surface area (Å²) in [6.07, 6.45) is 1.14. The Morgan fingerprint density at radius 2 is 2.17 bits per heavy atom. The fraction of sp³-hybridized carbons (Fsp3) is 0.467. The first-order valence-corrected chi connectivity index (χ1v) is 7.52. The predicted molar refractivity (Wildman–Crippen MR) is 79.4 cm³/mol. The Bertz CT molecular complexity index is 472. The second kappa shape index (κ2) is 6.88. The summed E-state index contributed by atoms with van der Waals surface area (Å²) in [5.41, 5.74) is 1.37. The van der Waals surface area contributed by atoms with E-state index in [1.54, 1.807) is 0 Å². The lowest BCUT2D eigenvalue weighted by Gasteiger charge is -2.19. The van der Waals surface area contributed by atoms with E-state index in [0.29, 0.717) is 6.04 Å². The predicted octanol–water partition coefficient (Wildman–Crippen LogP) is 3.98. The van der Waals surface area contributed by atoms with Crippen molar-refractivity contribution in [1.82, 2.24) is 5.32 Å². The van der Waals surface area contributed by atoms with Gasteiger partial charge in [-0.1, -0.05) is 25.1 Å². The van der Waals surface area contributed by atoms with E-state index in [0.717, 1.165) is 26.2 Å². The third-order valence-electron chi connectivity index (χ3n) is 3.01. The third-order valence-corrected chi connectivity index (χ3v) is 3.99. The van der Waals surface area contributed by atoms with Crippen LogP contribution in [-0.4, -0.2) is 19.8 Å². The molecule has 1 heterocycles. The SMILES string of the molecule is CCCNC(COCC)c1cccc2ccsc12. The third kappa shape index (κ3) is 3.10. The van der Waals surface area contributed by atoms with Crippen molar-refractivity contribution in [1.29, 1.82) is 0 Å². The smallest absolute Gasteiger partial charge is 0.0661 e. The Labute approximate surface area is 113 Å². The van der Waals surface area contributed by atoms with Gasteiger partial charge in [-0.25, -0.2) is 0 Å². The van der Waals surface area contributed by atoms with Crippen molar-refractivity contribution in [2.45, 2.75) is 26.3 Å². The van der Waals surface area contributed by atoms with Crippen LogP contribution >= 0.6 is 11.3 Å². The molecule has 0 saturated carbocycles. The first kappa shape index (κ1) is 13.5. The highest BCUT2D eigenvalue weighted by molar-refractivity contribution is 7.17. The van der Waals surface area contributed by atoms with Crippen LogP contribution in [0.3, 0.4) is 0 Å². The number of ether oxygens (including phenoxy) is 1. The summed E-state index contributed by atoms with van der Waals surface area (Å²) in [6.45, 7) is 6.77. The van der Waals surface area contributed by atoms with Gasteiger partial charge in [-0.05, 0) is 42.3 Å². The van der Waals surface area contributed by atoms with E-state index in [1.165, 1.54) is 15.6 Å². The van der Waals surface area contributed by atoms with Gasteiger partial charge in [-0.15, -0.1) is 11.3 Å². The van der Waals surface area contributed by atoms with Gasteiger partial charge >= 0.3 is 0 Å². The normalized spacial score (nSPS) is 13.0. The number of rotatable bonds is 7. The lowest BCUT2D eigenvalue weighted by molar-refractivity contribution is 0.123. The monoisotopic (exact) mass is 263 g/mol. The zero-order valence-corrected chi connectivity index (χ0v) is 11.9. The van der Waals surface area contributed by atoms with Gasteiger partial charge in [0.2, 0.25) is 0 Å². The Balaban J connectivity index is 2.24. The molecule has 0 amide bonds. The fourth-order valence-electron chi connectivity index (χ4n) is 2.10. The molecule has 0 fully saturated rings. The van der Waals surface area contributed by atoms with Gasteiger partial charge in [0.25, 0.3) is 0 Å². The summed E-state index contributed by atoms with van der Waals surface area (Å²) in [4.78, 5) is 0. The molecule has 2 aromatic rings. The number of thiophene rings is 1. The van der Waals surface area contributed by atoms with E-state index in [2.05, 4.69) is 41.9 Å². The molecular formula is C15H21NOS. The van der Waals surface area contributed by atoms with Crippen LogP contribution in [0.4, 0.5) is 0 Å². The highest BCUT2D eigenvalue weighted by Crippen LogP contribution is 2.29. The van der Waals surface area contributed by atoms with Gasteiger partial charge in [-0.3, -0.25) is 0 Å². The quantitative estimate of drug-likeness (QED) is 0.816. The van der Waals surface area contributed by atoms with Crippen LogP contribution in [0.15, 0.2) is 29.6 Å². The van der Waals surface area contributed by atoms with Crippen molar-refractivity contribution in [3.05, 3.63) is 35.2 Å². The number of benzene rings is 1. The van der Waals surface area contributed by atoms with Gasteiger partial charge in [-0.2, -0.15) is 0 Å². The standard InChI is InChI=1S/C15H21NOS/c1-3-9-16-14(11-17-4-2)13-7-5-6-12-8-10-18-15(12)13/h5-8,10,14,16H,3-4,9,11H2,1-2H3. The van der Waals surface area contributed by atoms with Gasteiger partial charge in [0.05, 0.1) is 12.6 Å². The fourth-order valence-corrected chi connectivity index (χ4v) is 3.07. The zero-order chi connectivity index (χ0) is 12.8. The maximum absolute atomic E-state index is 5.61. The molecule has 0 radical (unpaired) electrons. The van der Waals surface area contributed by atoms with Crippen LogP contribution in [-0.2, 0) is 4.74 Å². The van der Waals surface area contributed by atoms with Crippen LogP contribution in [0.25, 0.3) is 10.1 Å². The molecule has 0 spiro atoms. The van der Waals surface area contributed by atoms with Crippen LogP contribution in [0.1, 0.15) is 31.9 Å². The molecule has 18 heavy (non-hydrogen) atoms. The Morgan fingerprint density at radius 3 is 2.94 bits per heavy atom. The van der Waals surface area contributed by atoms with Crippen molar-refractivity contribution in [2.75, 3.05) is 19.8 Å². The molecule has 0 bridgehead atoms. The summed E-state index contributed by atoms with van der Waals surface area (Å²) in [5, 5.41) is 7.07. The summed E-state index contributed by atoms with van der Waals surface area (Å²) >= 11 is 1.81. The topological polar surface area (TPSA) is 21.3 Å². The molecule has 98 valence electrons. The molecule has 0 aliphatic heterocycles. The molecule has 1 aromatic heterocycles. The van der Waals surface area contributed by atoms with E-state index in [-0.39, 0.29) is 0 Å². The Morgan fingerprint density at radius 1 is 1.28 bits per heavy atom.